The highest BCUT2D eigenvalue weighted by atomic mass is 16.5. The van der Waals surface area contributed by atoms with Gasteiger partial charge >= 0.3 is 0 Å². The van der Waals surface area contributed by atoms with Crippen molar-refractivity contribution < 1.29 is 34.1 Å². The van der Waals surface area contributed by atoms with Crippen LogP contribution in [0.3, 0.4) is 0 Å². The van der Waals surface area contributed by atoms with E-state index in [1.54, 1.807) is 37.3 Å². The van der Waals surface area contributed by atoms with Crippen LogP contribution in [0, 0.1) is 5.41 Å². The summed E-state index contributed by atoms with van der Waals surface area (Å²) >= 11 is 0. The molecule has 4 atom stereocenters. The fraction of sp³-hybridized carbons (Fsp3) is 0.448. The number of carbonyl (C=O) groups excluding carboxylic acids is 3. The number of ether oxygens (including phenoxy) is 2. The summed E-state index contributed by atoms with van der Waals surface area (Å²) in [6, 6.07) is 7.67. The SMILES string of the molecule is COc1ccc(C[C@H](NC(=O)[C@@H](CCCNC(=N)N)NC(=O)[C@@H](N)Cc2ccc(O)cc2)C(=O)N[C@H](C)CO)cc1OC. The molecule has 0 aliphatic rings. The highest BCUT2D eigenvalue weighted by Crippen LogP contribution is 2.28. The molecule has 14 heteroatoms. The van der Waals surface area contributed by atoms with E-state index in [9.17, 15) is 24.6 Å². The van der Waals surface area contributed by atoms with Gasteiger partial charge in [-0.05, 0) is 61.6 Å². The Kier molecular flexibility index (Phi) is 14.0. The van der Waals surface area contributed by atoms with Crippen LogP contribution in [0.2, 0.25) is 0 Å². The number of rotatable bonds is 17. The largest absolute Gasteiger partial charge is 0.508 e. The number of hydrogen-bond acceptors (Lipinski definition) is 9. The van der Waals surface area contributed by atoms with Crippen LogP contribution in [0.4, 0.5) is 0 Å². The maximum atomic E-state index is 13.6. The Morgan fingerprint density at radius 3 is 2.09 bits per heavy atom. The minimum absolute atomic E-state index is 0.0724. The molecule has 14 nitrogen and oxygen atoms in total. The lowest BCUT2D eigenvalue weighted by atomic mass is 10.0. The average Bonchev–Trinajstić information content (AvgIpc) is 2.98. The van der Waals surface area contributed by atoms with E-state index in [1.165, 1.54) is 26.4 Å². The minimum Gasteiger partial charge on any atom is -0.508 e. The van der Waals surface area contributed by atoms with Gasteiger partial charge in [-0.1, -0.05) is 18.2 Å². The van der Waals surface area contributed by atoms with Gasteiger partial charge in [0.05, 0.1) is 26.9 Å². The highest BCUT2D eigenvalue weighted by Gasteiger charge is 2.29. The Hall–Kier alpha value is -4.56. The molecule has 43 heavy (non-hydrogen) atoms. The van der Waals surface area contributed by atoms with E-state index in [4.69, 9.17) is 26.4 Å². The van der Waals surface area contributed by atoms with Crippen molar-refractivity contribution in [2.75, 3.05) is 27.4 Å². The number of methoxy groups -OCH3 is 2. The molecule has 0 spiro atoms. The molecule has 0 saturated carbocycles. The standard InChI is InChI=1S/C29H43N7O7/c1-17(16-37)34-28(41)23(14-19-8-11-24(42-2)25(15-19)43-3)36-27(40)22(5-4-12-33-29(31)32)35-26(39)21(30)13-18-6-9-20(38)10-7-18/h6-11,15,17,21-23,37-38H,4-5,12-14,16,30H2,1-3H3,(H,34,41)(H,35,39)(H,36,40)(H4,31,32,33)/t17-,21+,22-,23+/m1/s1. The number of hydrogen-bond donors (Lipinski definition) is 9. The second-order valence-corrected chi connectivity index (χ2v) is 10.1. The molecular formula is C29H43N7O7. The van der Waals surface area contributed by atoms with Crippen molar-refractivity contribution in [3.05, 3.63) is 53.6 Å². The number of nitrogens with one attached hydrogen (secondary N) is 5. The first kappa shape index (κ1) is 34.6. The Labute approximate surface area is 251 Å². The number of aliphatic hydroxyl groups is 1. The summed E-state index contributed by atoms with van der Waals surface area (Å²) in [5.74, 6) is -0.941. The predicted octanol–water partition coefficient (Wildman–Crippen LogP) is -0.748. The number of phenols is 1. The zero-order valence-electron chi connectivity index (χ0n) is 24.7. The number of amides is 3. The lowest BCUT2D eigenvalue weighted by Gasteiger charge is -2.25. The molecule has 0 bridgehead atoms. The molecule has 0 unspecified atom stereocenters. The first-order valence-corrected chi connectivity index (χ1v) is 13.8. The van der Waals surface area contributed by atoms with E-state index in [0.717, 1.165) is 5.56 Å². The second-order valence-electron chi connectivity index (χ2n) is 10.1. The van der Waals surface area contributed by atoms with E-state index in [1.807, 2.05) is 0 Å². The van der Waals surface area contributed by atoms with Crippen LogP contribution in [0.15, 0.2) is 42.5 Å². The molecule has 2 aromatic carbocycles. The fourth-order valence-corrected chi connectivity index (χ4v) is 4.17. The van der Waals surface area contributed by atoms with Gasteiger partial charge in [-0.3, -0.25) is 19.8 Å². The van der Waals surface area contributed by atoms with Crippen LogP contribution < -0.4 is 42.2 Å². The van der Waals surface area contributed by atoms with Crippen LogP contribution in [-0.4, -0.2) is 85.4 Å². The average molecular weight is 602 g/mol. The molecule has 0 saturated heterocycles. The van der Waals surface area contributed by atoms with Gasteiger partial charge in [0.25, 0.3) is 0 Å². The third-order valence-electron chi connectivity index (χ3n) is 6.53. The van der Waals surface area contributed by atoms with Gasteiger partial charge in [-0.2, -0.15) is 0 Å². The van der Waals surface area contributed by atoms with Crippen LogP contribution in [0.25, 0.3) is 0 Å². The lowest BCUT2D eigenvalue weighted by Crippen LogP contribution is -2.57. The monoisotopic (exact) mass is 601 g/mol. The van der Waals surface area contributed by atoms with Crippen LogP contribution in [0.5, 0.6) is 17.2 Å². The number of aliphatic hydroxyl groups excluding tert-OH is 1. The lowest BCUT2D eigenvalue weighted by molar-refractivity contribution is -0.132. The third-order valence-corrected chi connectivity index (χ3v) is 6.53. The summed E-state index contributed by atoms with van der Waals surface area (Å²) in [6.07, 6.45) is 0.749. The van der Waals surface area contributed by atoms with Gasteiger partial charge in [-0.15, -0.1) is 0 Å². The molecular weight excluding hydrogens is 558 g/mol. The summed E-state index contributed by atoms with van der Waals surface area (Å²) in [6.45, 7) is 1.59. The fourth-order valence-electron chi connectivity index (χ4n) is 4.17. The predicted molar refractivity (Wildman–Crippen MR) is 161 cm³/mol. The van der Waals surface area contributed by atoms with Crippen molar-refractivity contribution in [1.29, 1.82) is 5.41 Å². The van der Waals surface area contributed by atoms with Crippen molar-refractivity contribution >= 4 is 23.7 Å². The Morgan fingerprint density at radius 1 is 0.884 bits per heavy atom. The minimum atomic E-state index is -1.07. The number of phenolic OH excluding ortho intramolecular Hbond substituents is 1. The zero-order chi connectivity index (χ0) is 31.9. The van der Waals surface area contributed by atoms with Crippen LogP contribution in [-0.2, 0) is 27.2 Å². The number of nitrogens with two attached hydrogens (primary N) is 2. The van der Waals surface area contributed by atoms with Gasteiger partial charge < -0.3 is 52.4 Å². The van der Waals surface area contributed by atoms with Crippen LogP contribution >= 0.6 is 0 Å². The van der Waals surface area contributed by atoms with Gasteiger partial charge in [0.1, 0.15) is 17.8 Å². The molecule has 0 aliphatic heterocycles. The van der Waals surface area contributed by atoms with E-state index in [2.05, 4.69) is 21.3 Å². The number of guanidine groups is 1. The summed E-state index contributed by atoms with van der Waals surface area (Å²) in [4.78, 5) is 39.8. The van der Waals surface area contributed by atoms with Gasteiger partial charge in [0, 0.05) is 19.0 Å². The van der Waals surface area contributed by atoms with Gasteiger partial charge in [0.2, 0.25) is 17.7 Å². The maximum absolute atomic E-state index is 13.6. The van der Waals surface area contributed by atoms with E-state index in [0.29, 0.717) is 23.5 Å². The van der Waals surface area contributed by atoms with E-state index in [-0.39, 0.29) is 44.1 Å². The molecule has 0 aliphatic carbocycles. The Balaban J connectivity index is 2.25. The smallest absolute Gasteiger partial charge is 0.243 e. The topological polar surface area (TPSA) is 234 Å². The number of benzene rings is 2. The summed E-state index contributed by atoms with van der Waals surface area (Å²) in [5.41, 5.74) is 12.9. The number of carbonyl (C=O) groups is 3. The molecule has 0 radical (unpaired) electrons. The van der Waals surface area contributed by atoms with Crippen molar-refractivity contribution in [2.24, 2.45) is 11.5 Å². The van der Waals surface area contributed by atoms with E-state index >= 15 is 0 Å². The molecule has 0 aromatic heterocycles. The van der Waals surface area contributed by atoms with Crippen molar-refractivity contribution in [1.82, 2.24) is 21.3 Å². The molecule has 0 fully saturated rings. The summed E-state index contributed by atoms with van der Waals surface area (Å²) < 4.78 is 10.6. The molecule has 11 N–H and O–H groups in total. The van der Waals surface area contributed by atoms with Crippen LogP contribution in [0.1, 0.15) is 30.9 Å². The van der Waals surface area contributed by atoms with Gasteiger partial charge in [0.15, 0.2) is 17.5 Å². The normalized spacial score (nSPS) is 13.5. The molecule has 2 rings (SSSR count). The first-order chi connectivity index (χ1) is 20.5. The molecule has 0 heterocycles. The van der Waals surface area contributed by atoms with Crippen molar-refractivity contribution in [3.8, 4) is 17.2 Å². The zero-order valence-corrected chi connectivity index (χ0v) is 24.7. The number of aromatic hydroxyl groups is 1. The summed E-state index contributed by atoms with van der Waals surface area (Å²) in [5, 5.41) is 37.0. The summed E-state index contributed by atoms with van der Waals surface area (Å²) in [7, 11) is 2.98. The highest BCUT2D eigenvalue weighted by molar-refractivity contribution is 5.93. The third kappa shape index (κ3) is 11.7. The molecule has 2 aromatic rings. The van der Waals surface area contributed by atoms with Crippen molar-refractivity contribution in [2.45, 2.75) is 56.8 Å². The Morgan fingerprint density at radius 2 is 1.49 bits per heavy atom. The quantitative estimate of drug-likeness (QED) is 0.0625. The van der Waals surface area contributed by atoms with Crippen molar-refractivity contribution in [3.63, 3.8) is 0 Å². The van der Waals surface area contributed by atoms with E-state index < -0.39 is 41.9 Å². The van der Waals surface area contributed by atoms with Gasteiger partial charge in [-0.25, -0.2) is 0 Å². The first-order valence-electron chi connectivity index (χ1n) is 13.8. The maximum Gasteiger partial charge on any atom is 0.243 e. The molecule has 3 amide bonds. The Bertz CT molecular complexity index is 1230. The second kappa shape index (κ2) is 17.4. The molecule has 236 valence electrons.